The van der Waals surface area contributed by atoms with Crippen molar-refractivity contribution in [1.29, 1.82) is 0 Å². The lowest BCUT2D eigenvalue weighted by atomic mass is 9.93. The molecule has 0 aliphatic carbocycles. The maximum atomic E-state index is 5.90. The van der Waals surface area contributed by atoms with Crippen LogP contribution in [0, 0.1) is 12.8 Å². The first-order valence-electron chi connectivity index (χ1n) is 7.44. The van der Waals surface area contributed by atoms with Crippen molar-refractivity contribution in [3.05, 3.63) is 29.3 Å². The number of para-hydroxylation sites is 1. The van der Waals surface area contributed by atoms with Crippen LogP contribution in [0.25, 0.3) is 0 Å². The van der Waals surface area contributed by atoms with E-state index in [4.69, 9.17) is 5.73 Å². The molecule has 19 heavy (non-hydrogen) atoms. The largest absolute Gasteiger partial charge is 0.366 e. The fourth-order valence-corrected chi connectivity index (χ4v) is 3.45. The van der Waals surface area contributed by atoms with Crippen molar-refractivity contribution in [2.24, 2.45) is 11.7 Å². The zero-order valence-corrected chi connectivity index (χ0v) is 13.0. The van der Waals surface area contributed by atoms with Crippen molar-refractivity contribution in [2.75, 3.05) is 18.0 Å². The topological polar surface area (TPSA) is 29.3 Å². The number of nitrogens with two attached hydrogens (primary N) is 1. The smallest absolute Gasteiger partial charge is 0.0435 e. The third kappa shape index (κ3) is 2.64. The fourth-order valence-electron chi connectivity index (χ4n) is 3.45. The Morgan fingerprint density at radius 3 is 2.58 bits per heavy atom. The maximum Gasteiger partial charge on any atom is 0.0435 e. The number of benzene rings is 1. The molecular formula is C17H28N2. The Bertz CT molecular complexity index is 449. The van der Waals surface area contributed by atoms with Gasteiger partial charge in [0.05, 0.1) is 0 Å². The molecule has 0 amide bonds. The van der Waals surface area contributed by atoms with Crippen LogP contribution in [0.15, 0.2) is 18.2 Å². The Morgan fingerprint density at radius 2 is 2.05 bits per heavy atom. The van der Waals surface area contributed by atoms with Crippen molar-refractivity contribution in [2.45, 2.75) is 52.5 Å². The third-order valence-electron chi connectivity index (χ3n) is 4.45. The molecule has 1 saturated heterocycles. The maximum absolute atomic E-state index is 5.90. The molecule has 1 aromatic rings. The number of hydrogen-bond acceptors (Lipinski definition) is 2. The minimum atomic E-state index is 0.208. The van der Waals surface area contributed by atoms with Crippen LogP contribution >= 0.6 is 0 Å². The van der Waals surface area contributed by atoms with Gasteiger partial charge in [-0.05, 0) is 56.7 Å². The zero-order chi connectivity index (χ0) is 14.2. The monoisotopic (exact) mass is 260 g/mol. The van der Waals surface area contributed by atoms with Crippen LogP contribution in [0.1, 0.15) is 51.2 Å². The summed E-state index contributed by atoms with van der Waals surface area (Å²) in [4.78, 5) is 2.59. The average molecular weight is 260 g/mol. The molecule has 2 nitrogen and oxygen atoms in total. The minimum Gasteiger partial charge on any atom is -0.366 e. The molecule has 0 aromatic heterocycles. The Hall–Kier alpha value is -1.02. The summed E-state index contributed by atoms with van der Waals surface area (Å²) in [6, 6.07) is 6.68. The SMILES string of the molecule is Cc1cccc(C(C)C)c1N1CC(CN)CC1(C)C. The molecule has 1 atom stereocenters. The van der Waals surface area contributed by atoms with Gasteiger partial charge in [-0.1, -0.05) is 32.0 Å². The van der Waals surface area contributed by atoms with Gasteiger partial charge in [-0.3, -0.25) is 0 Å². The highest BCUT2D eigenvalue weighted by molar-refractivity contribution is 5.62. The summed E-state index contributed by atoms with van der Waals surface area (Å²) in [5.74, 6) is 1.18. The van der Waals surface area contributed by atoms with E-state index in [2.05, 4.69) is 57.7 Å². The van der Waals surface area contributed by atoms with E-state index in [0.717, 1.165) is 13.1 Å². The van der Waals surface area contributed by atoms with Crippen LogP contribution in [0.5, 0.6) is 0 Å². The summed E-state index contributed by atoms with van der Waals surface area (Å²) in [5, 5.41) is 0. The van der Waals surface area contributed by atoms with Crippen molar-refractivity contribution in [3.63, 3.8) is 0 Å². The van der Waals surface area contributed by atoms with Crippen molar-refractivity contribution >= 4 is 5.69 Å². The Morgan fingerprint density at radius 1 is 1.37 bits per heavy atom. The molecule has 1 fully saturated rings. The first kappa shape index (κ1) is 14.4. The molecule has 0 saturated carbocycles. The van der Waals surface area contributed by atoms with E-state index in [9.17, 15) is 0 Å². The minimum absolute atomic E-state index is 0.208. The van der Waals surface area contributed by atoms with Gasteiger partial charge >= 0.3 is 0 Å². The highest BCUT2D eigenvalue weighted by Crippen LogP contribution is 2.41. The van der Waals surface area contributed by atoms with Crippen LogP contribution in [-0.2, 0) is 0 Å². The standard InChI is InChI=1S/C17H28N2/c1-12(2)15-8-6-7-13(3)16(15)19-11-14(10-18)9-17(19,4)5/h6-8,12,14H,9-11,18H2,1-5H3. The van der Waals surface area contributed by atoms with E-state index >= 15 is 0 Å². The highest BCUT2D eigenvalue weighted by atomic mass is 15.2. The van der Waals surface area contributed by atoms with E-state index < -0.39 is 0 Å². The molecule has 2 rings (SSSR count). The second kappa shape index (κ2) is 5.16. The zero-order valence-electron chi connectivity index (χ0n) is 13.0. The average Bonchev–Trinajstić information content (AvgIpc) is 2.64. The molecule has 1 aromatic carbocycles. The predicted molar refractivity (Wildman–Crippen MR) is 83.9 cm³/mol. The third-order valence-corrected chi connectivity index (χ3v) is 4.45. The lowest BCUT2D eigenvalue weighted by Crippen LogP contribution is -2.39. The molecule has 1 unspecified atom stereocenters. The van der Waals surface area contributed by atoms with Gasteiger partial charge in [0.1, 0.15) is 0 Å². The van der Waals surface area contributed by atoms with E-state index in [1.165, 1.54) is 23.2 Å². The van der Waals surface area contributed by atoms with Gasteiger partial charge < -0.3 is 10.6 Å². The first-order chi connectivity index (χ1) is 8.86. The second-order valence-corrected chi connectivity index (χ2v) is 6.90. The van der Waals surface area contributed by atoms with Gasteiger partial charge in [0.25, 0.3) is 0 Å². The van der Waals surface area contributed by atoms with Gasteiger partial charge in [0, 0.05) is 17.8 Å². The highest BCUT2D eigenvalue weighted by Gasteiger charge is 2.39. The molecule has 1 aliphatic heterocycles. The second-order valence-electron chi connectivity index (χ2n) is 6.90. The number of aryl methyl sites for hydroxylation is 1. The molecule has 2 heteroatoms. The van der Waals surface area contributed by atoms with Crippen LogP contribution in [0.2, 0.25) is 0 Å². The van der Waals surface area contributed by atoms with Gasteiger partial charge in [-0.2, -0.15) is 0 Å². The summed E-state index contributed by atoms with van der Waals surface area (Å²) in [7, 11) is 0. The van der Waals surface area contributed by atoms with Crippen LogP contribution in [-0.4, -0.2) is 18.6 Å². The molecule has 1 aliphatic rings. The van der Waals surface area contributed by atoms with Crippen molar-refractivity contribution in [1.82, 2.24) is 0 Å². The fraction of sp³-hybridized carbons (Fsp3) is 0.647. The lowest BCUT2D eigenvalue weighted by molar-refractivity contribution is 0.475. The Labute approximate surface area is 118 Å². The number of rotatable bonds is 3. The predicted octanol–water partition coefficient (Wildman–Crippen LogP) is 3.68. The number of hydrogen-bond donors (Lipinski definition) is 1. The van der Waals surface area contributed by atoms with E-state index in [1.807, 2.05) is 0 Å². The number of nitrogens with zero attached hydrogens (tertiary/aromatic N) is 1. The van der Waals surface area contributed by atoms with Crippen molar-refractivity contribution in [3.8, 4) is 0 Å². The summed E-state index contributed by atoms with van der Waals surface area (Å²) >= 11 is 0. The molecule has 1 heterocycles. The summed E-state index contributed by atoms with van der Waals surface area (Å²) in [5.41, 5.74) is 10.4. The summed E-state index contributed by atoms with van der Waals surface area (Å²) < 4.78 is 0. The van der Waals surface area contributed by atoms with E-state index in [1.54, 1.807) is 0 Å². The van der Waals surface area contributed by atoms with Gasteiger partial charge in [-0.25, -0.2) is 0 Å². The molecule has 106 valence electrons. The molecule has 0 bridgehead atoms. The molecule has 0 spiro atoms. The van der Waals surface area contributed by atoms with Crippen molar-refractivity contribution < 1.29 is 0 Å². The lowest BCUT2D eigenvalue weighted by Gasteiger charge is -2.37. The van der Waals surface area contributed by atoms with E-state index in [0.29, 0.717) is 11.8 Å². The normalized spacial score (nSPS) is 22.3. The summed E-state index contributed by atoms with van der Waals surface area (Å²) in [6.07, 6.45) is 1.19. The first-order valence-corrected chi connectivity index (χ1v) is 7.44. The van der Waals surface area contributed by atoms with Gasteiger partial charge in [-0.15, -0.1) is 0 Å². The molecular weight excluding hydrogens is 232 g/mol. The molecule has 2 N–H and O–H groups in total. The van der Waals surface area contributed by atoms with Crippen LogP contribution in [0.4, 0.5) is 5.69 Å². The molecule has 0 radical (unpaired) electrons. The number of anilines is 1. The summed E-state index contributed by atoms with van der Waals surface area (Å²) in [6.45, 7) is 13.4. The Balaban J connectivity index is 2.47. The van der Waals surface area contributed by atoms with Gasteiger partial charge in [0.15, 0.2) is 0 Å². The quantitative estimate of drug-likeness (QED) is 0.898. The van der Waals surface area contributed by atoms with Gasteiger partial charge in [0.2, 0.25) is 0 Å². The Kier molecular flexibility index (Phi) is 3.91. The van der Waals surface area contributed by atoms with E-state index in [-0.39, 0.29) is 5.54 Å². The van der Waals surface area contributed by atoms with Crippen LogP contribution < -0.4 is 10.6 Å². The van der Waals surface area contributed by atoms with Crippen LogP contribution in [0.3, 0.4) is 0 Å².